The maximum atomic E-state index is 4.03. The summed E-state index contributed by atoms with van der Waals surface area (Å²) < 4.78 is 0. The Morgan fingerprint density at radius 1 is 0.708 bits per heavy atom. The minimum atomic E-state index is 1.21. The van der Waals surface area contributed by atoms with E-state index >= 15 is 0 Å². The zero-order valence-corrected chi connectivity index (χ0v) is 16.4. The van der Waals surface area contributed by atoms with Crippen LogP contribution in [-0.4, -0.2) is 0 Å². The van der Waals surface area contributed by atoms with E-state index in [1.54, 1.807) is 0 Å². The van der Waals surface area contributed by atoms with Gasteiger partial charge in [0, 0.05) is 0 Å². The number of hydrogen-bond donors (Lipinski definition) is 0. The lowest BCUT2D eigenvalue weighted by atomic mass is 9.96. The van der Waals surface area contributed by atoms with Crippen LogP contribution in [0.3, 0.4) is 0 Å². The van der Waals surface area contributed by atoms with E-state index in [2.05, 4.69) is 44.7 Å². The van der Waals surface area contributed by atoms with E-state index in [1.807, 2.05) is 0 Å². The van der Waals surface area contributed by atoms with Crippen LogP contribution < -0.4 is 0 Å². The number of rotatable bonds is 15. The quantitative estimate of drug-likeness (QED) is 0.285. The highest BCUT2D eigenvalue weighted by Crippen LogP contribution is 2.19. The van der Waals surface area contributed by atoms with E-state index in [1.165, 1.54) is 107 Å². The third-order valence-electron chi connectivity index (χ3n) is 5.05. The van der Waals surface area contributed by atoms with Crippen molar-refractivity contribution in [3.8, 4) is 0 Å². The Hall–Kier alpha value is -1.04. The summed E-state index contributed by atoms with van der Waals surface area (Å²) in [6.45, 7) is 8.59. The van der Waals surface area contributed by atoms with Gasteiger partial charge in [-0.15, -0.1) is 0 Å². The fraction of sp³-hybridized carbons (Fsp3) is 0.667. The van der Waals surface area contributed by atoms with Gasteiger partial charge in [-0.05, 0) is 42.4 Å². The summed E-state index contributed by atoms with van der Waals surface area (Å²) in [5.74, 6) is 0. The molecule has 0 aromatic heterocycles. The van der Waals surface area contributed by atoms with Crippen LogP contribution in [0, 0.1) is 0 Å². The van der Waals surface area contributed by atoms with Gasteiger partial charge in [0.1, 0.15) is 0 Å². The van der Waals surface area contributed by atoms with Crippen LogP contribution in [-0.2, 0) is 12.8 Å². The molecule has 0 unspecified atom stereocenters. The topological polar surface area (TPSA) is 0 Å². The molecule has 0 saturated heterocycles. The fourth-order valence-electron chi connectivity index (χ4n) is 3.42. The Balaban J connectivity index is 2.31. The average Bonchev–Trinajstić information content (AvgIpc) is 2.61. The first-order valence-corrected chi connectivity index (χ1v) is 10.6. The second kappa shape index (κ2) is 14.3. The minimum Gasteiger partial charge on any atom is -0.0985 e. The molecular weight excluding hydrogens is 288 g/mol. The summed E-state index contributed by atoms with van der Waals surface area (Å²) in [5, 5.41) is 0. The molecule has 0 fully saturated rings. The van der Waals surface area contributed by atoms with Gasteiger partial charge in [-0.25, -0.2) is 0 Å². The lowest BCUT2D eigenvalue weighted by molar-refractivity contribution is 0.606. The van der Waals surface area contributed by atoms with Gasteiger partial charge in [0.15, 0.2) is 0 Å². The summed E-state index contributed by atoms with van der Waals surface area (Å²) in [6, 6.07) is 7.09. The standard InChI is InChI=1S/C24H40/c1-4-7-9-11-13-15-17-22-19-20-24(23(6-3)21-22)18-16-14-12-10-8-5-2/h6,19-21H,3-5,7-18H2,1-2H3. The molecule has 0 bridgehead atoms. The molecule has 0 heteroatoms. The zero-order chi connectivity index (χ0) is 17.5. The summed E-state index contributed by atoms with van der Waals surface area (Å²) >= 11 is 0. The van der Waals surface area contributed by atoms with E-state index in [9.17, 15) is 0 Å². The molecule has 0 saturated carbocycles. The SMILES string of the molecule is C=Cc1cc(CCCCCCCC)ccc1CCCCCCCC. The molecule has 1 aromatic rings. The van der Waals surface area contributed by atoms with Gasteiger partial charge in [-0.2, -0.15) is 0 Å². The number of aryl methyl sites for hydroxylation is 2. The highest BCUT2D eigenvalue weighted by molar-refractivity contribution is 5.53. The Morgan fingerprint density at radius 3 is 1.83 bits per heavy atom. The normalized spacial score (nSPS) is 10.9. The van der Waals surface area contributed by atoms with Crippen LogP contribution in [0.2, 0.25) is 0 Å². The lowest BCUT2D eigenvalue weighted by Gasteiger charge is -2.09. The van der Waals surface area contributed by atoms with Crippen molar-refractivity contribution in [3.63, 3.8) is 0 Å². The zero-order valence-electron chi connectivity index (χ0n) is 16.4. The first-order chi connectivity index (χ1) is 11.8. The molecule has 0 spiro atoms. The third kappa shape index (κ3) is 9.30. The van der Waals surface area contributed by atoms with Crippen LogP contribution in [0.15, 0.2) is 24.8 Å². The monoisotopic (exact) mass is 328 g/mol. The smallest absolute Gasteiger partial charge is 0.0228 e. The number of unbranched alkanes of at least 4 members (excludes halogenated alkanes) is 10. The number of benzene rings is 1. The molecule has 0 atom stereocenters. The van der Waals surface area contributed by atoms with E-state index in [0.29, 0.717) is 0 Å². The Morgan fingerprint density at radius 2 is 1.25 bits per heavy atom. The molecule has 0 aliphatic heterocycles. The van der Waals surface area contributed by atoms with Crippen LogP contribution in [0.1, 0.15) is 108 Å². The van der Waals surface area contributed by atoms with E-state index in [-0.39, 0.29) is 0 Å². The van der Waals surface area contributed by atoms with Crippen molar-refractivity contribution in [2.75, 3.05) is 0 Å². The second-order valence-electron chi connectivity index (χ2n) is 7.27. The highest BCUT2D eigenvalue weighted by Gasteiger charge is 2.02. The van der Waals surface area contributed by atoms with Gasteiger partial charge in [0.2, 0.25) is 0 Å². The molecule has 0 aliphatic carbocycles. The molecule has 24 heavy (non-hydrogen) atoms. The van der Waals surface area contributed by atoms with Crippen molar-refractivity contribution in [2.24, 2.45) is 0 Å². The van der Waals surface area contributed by atoms with Gasteiger partial charge in [-0.1, -0.05) is 109 Å². The largest absolute Gasteiger partial charge is 0.0985 e. The first kappa shape index (κ1) is 21.0. The van der Waals surface area contributed by atoms with Crippen molar-refractivity contribution in [2.45, 2.75) is 104 Å². The molecule has 1 aromatic carbocycles. The summed E-state index contributed by atoms with van der Waals surface area (Å²) in [4.78, 5) is 0. The van der Waals surface area contributed by atoms with Gasteiger partial charge in [-0.3, -0.25) is 0 Å². The van der Waals surface area contributed by atoms with Crippen molar-refractivity contribution >= 4 is 6.08 Å². The molecule has 0 nitrogen and oxygen atoms in total. The minimum absolute atomic E-state index is 1.21. The lowest BCUT2D eigenvalue weighted by Crippen LogP contribution is -1.94. The predicted molar refractivity (Wildman–Crippen MR) is 111 cm³/mol. The van der Waals surface area contributed by atoms with Crippen molar-refractivity contribution in [3.05, 3.63) is 41.5 Å². The summed E-state index contributed by atoms with van der Waals surface area (Å²) in [5.41, 5.74) is 4.35. The van der Waals surface area contributed by atoms with Gasteiger partial charge >= 0.3 is 0 Å². The van der Waals surface area contributed by atoms with Crippen molar-refractivity contribution in [1.82, 2.24) is 0 Å². The summed E-state index contributed by atoms with van der Waals surface area (Å²) in [7, 11) is 0. The van der Waals surface area contributed by atoms with E-state index in [0.717, 1.165) is 0 Å². The maximum absolute atomic E-state index is 4.03. The molecule has 0 aliphatic rings. The van der Waals surface area contributed by atoms with Crippen LogP contribution in [0.25, 0.3) is 6.08 Å². The van der Waals surface area contributed by atoms with E-state index < -0.39 is 0 Å². The molecule has 0 radical (unpaired) electrons. The molecular formula is C24H40. The van der Waals surface area contributed by atoms with Crippen LogP contribution in [0.5, 0.6) is 0 Å². The molecule has 1 rings (SSSR count). The Kier molecular flexibility index (Phi) is 12.5. The molecule has 136 valence electrons. The van der Waals surface area contributed by atoms with E-state index in [4.69, 9.17) is 0 Å². The third-order valence-corrected chi connectivity index (χ3v) is 5.05. The van der Waals surface area contributed by atoms with Crippen LogP contribution >= 0.6 is 0 Å². The summed E-state index contributed by atoms with van der Waals surface area (Å²) in [6.07, 6.45) is 21.0. The van der Waals surface area contributed by atoms with Crippen molar-refractivity contribution < 1.29 is 0 Å². The second-order valence-corrected chi connectivity index (χ2v) is 7.27. The predicted octanol–water partition coefficient (Wildman–Crippen LogP) is 8.14. The fourth-order valence-corrected chi connectivity index (χ4v) is 3.42. The Labute approximate surface area is 151 Å². The van der Waals surface area contributed by atoms with Crippen molar-refractivity contribution in [1.29, 1.82) is 0 Å². The molecule has 0 heterocycles. The maximum Gasteiger partial charge on any atom is -0.0228 e. The van der Waals surface area contributed by atoms with Crippen LogP contribution in [0.4, 0.5) is 0 Å². The Bertz CT molecular complexity index is 430. The average molecular weight is 329 g/mol. The molecule has 0 amide bonds. The molecule has 0 N–H and O–H groups in total. The van der Waals surface area contributed by atoms with Gasteiger partial charge in [0.25, 0.3) is 0 Å². The highest BCUT2D eigenvalue weighted by atomic mass is 14.1. The first-order valence-electron chi connectivity index (χ1n) is 10.6. The van der Waals surface area contributed by atoms with Gasteiger partial charge < -0.3 is 0 Å². The number of hydrogen-bond acceptors (Lipinski definition) is 0. The van der Waals surface area contributed by atoms with Gasteiger partial charge in [0.05, 0.1) is 0 Å².